The molecular formula is C22H19N3O4. The van der Waals surface area contributed by atoms with Gasteiger partial charge in [0.2, 0.25) is 11.8 Å². The quantitative estimate of drug-likeness (QED) is 0.447. The zero-order chi connectivity index (χ0) is 20.4. The standard InChI is InChI=1S/C22H19N3O4/c1-13-9-11-17(12-10-13)21-25-24-19(29-21)15(3)28-22(26)18-14(2)27-20(23-18)16-7-5-4-6-8-16/h4-12,15H,1-3H3/t15-/m0/s1. The Balaban J connectivity index is 1.49. The Labute approximate surface area is 167 Å². The molecule has 7 nitrogen and oxygen atoms in total. The van der Waals surface area contributed by atoms with Gasteiger partial charge in [-0.05, 0) is 45.0 Å². The Morgan fingerprint density at radius 1 is 0.897 bits per heavy atom. The van der Waals surface area contributed by atoms with E-state index < -0.39 is 12.1 Å². The molecule has 0 saturated heterocycles. The minimum atomic E-state index is -0.731. The minimum absolute atomic E-state index is 0.119. The molecule has 0 fully saturated rings. The normalized spacial score (nSPS) is 12.0. The van der Waals surface area contributed by atoms with Crippen LogP contribution in [-0.2, 0) is 4.74 Å². The number of hydrogen-bond donors (Lipinski definition) is 0. The summed E-state index contributed by atoms with van der Waals surface area (Å²) in [4.78, 5) is 16.9. The van der Waals surface area contributed by atoms with Crippen molar-refractivity contribution in [3.05, 3.63) is 77.5 Å². The lowest BCUT2D eigenvalue weighted by Gasteiger charge is -2.07. The summed E-state index contributed by atoms with van der Waals surface area (Å²) in [6.45, 7) is 5.33. The number of ether oxygens (including phenoxy) is 1. The first-order valence-electron chi connectivity index (χ1n) is 9.15. The second kappa shape index (κ2) is 7.71. The summed E-state index contributed by atoms with van der Waals surface area (Å²) >= 11 is 0. The maximum absolute atomic E-state index is 12.6. The van der Waals surface area contributed by atoms with Gasteiger partial charge in [0.05, 0.1) is 0 Å². The van der Waals surface area contributed by atoms with Crippen molar-refractivity contribution in [2.24, 2.45) is 0 Å². The highest BCUT2D eigenvalue weighted by Crippen LogP contribution is 2.25. The predicted molar refractivity (Wildman–Crippen MR) is 105 cm³/mol. The third kappa shape index (κ3) is 3.94. The average Bonchev–Trinajstić information content (AvgIpc) is 3.36. The molecule has 1 atom stereocenters. The van der Waals surface area contributed by atoms with Gasteiger partial charge in [-0.25, -0.2) is 9.78 Å². The third-order valence-corrected chi connectivity index (χ3v) is 4.38. The van der Waals surface area contributed by atoms with E-state index in [9.17, 15) is 4.79 Å². The van der Waals surface area contributed by atoms with Gasteiger partial charge in [0, 0.05) is 11.1 Å². The highest BCUT2D eigenvalue weighted by atomic mass is 16.6. The van der Waals surface area contributed by atoms with Gasteiger partial charge in [-0.1, -0.05) is 35.9 Å². The monoisotopic (exact) mass is 389 g/mol. The number of esters is 1. The number of aromatic nitrogens is 3. The molecule has 146 valence electrons. The number of benzene rings is 2. The molecule has 0 amide bonds. The third-order valence-electron chi connectivity index (χ3n) is 4.38. The van der Waals surface area contributed by atoms with Crippen LogP contribution in [-0.4, -0.2) is 21.2 Å². The van der Waals surface area contributed by atoms with E-state index >= 15 is 0 Å². The molecule has 4 rings (SSSR count). The molecule has 0 saturated carbocycles. The first kappa shape index (κ1) is 18.6. The Hall–Kier alpha value is -3.74. The maximum atomic E-state index is 12.6. The zero-order valence-corrected chi connectivity index (χ0v) is 16.2. The number of carbonyl (C=O) groups is 1. The van der Waals surface area contributed by atoms with E-state index in [1.807, 2.05) is 61.5 Å². The van der Waals surface area contributed by atoms with Crippen LogP contribution in [0.15, 0.2) is 63.4 Å². The average molecular weight is 389 g/mol. The van der Waals surface area contributed by atoms with Crippen LogP contribution in [0.1, 0.15) is 40.7 Å². The topological polar surface area (TPSA) is 91.2 Å². The van der Waals surface area contributed by atoms with Crippen LogP contribution in [0.5, 0.6) is 0 Å². The van der Waals surface area contributed by atoms with Gasteiger partial charge in [0.25, 0.3) is 5.89 Å². The molecule has 29 heavy (non-hydrogen) atoms. The van der Waals surface area contributed by atoms with Crippen LogP contribution in [0, 0.1) is 13.8 Å². The Kier molecular flexibility index (Phi) is 4.95. The van der Waals surface area contributed by atoms with Crippen LogP contribution in [0.25, 0.3) is 22.9 Å². The zero-order valence-electron chi connectivity index (χ0n) is 16.2. The summed E-state index contributed by atoms with van der Waals surface area (Å²) in [6.07, 6.45) is -0.731. The van der Waals surface area contributed by atoms with Crippen molar-refractivity contribution in [2.75, 3.05) is 0 Å². The number of rotatable bonds is 5. The number of aryl methyl sites for hydroxylation is 2. The number of nitrogens with zero attached hydrogens (tertiary/aromatic N) is 3. The van der Waals surface area contributed by atoms with Gasteiger partial charge in [0.15, 0.2) is 11.8 Å². The van der Waals surface area contributed by atoms with E-state index in [-0.39, 0.29) is 11.6 Å². The Bertz CT molecular complexity index is 1130. The van der Waals surface area contributed by atoms with E-state index in [4.69, 9.17) is 13.6 Å². The molecule has 0 unspecified atom stereocenters. The lowest BCUT2D eigenvalue weighted by atomic mass is 10.1. The molecule has 0 aliphatic carbocycles. The summed E-state index contributed by atoms with van der Waals surface area (Å²) in [5.74, 6) is 0.704. The SMILES string of the molecule is Cc1ccc(-c2nnc([C@H](C)OC(=O)c3nc(-c4ccccc4)oc3C)o2)cc1. The predicted octanol–water partition coefficient (Wildman–Crippen LogP) is 4.93. The van der Waals surface area contributed by atoms with E-state index in [1.54, 1.807) is 13.8 Å². The Morgan fingerprint density at radius 2 is 1.59 bits per heavy atom. The van der Waals surface area contributed by atoms with Gasteiger partial charge in [0.1, 0.15) is 5.76 Å². The van der Waals surface area contributed by atoms with Crippen LogP contribution in [0.2, 0.25) is 0 Å². The van der Waals surface area contributed by atoms with E-state index in [2.05, 4.69) is 15.2 Å². The molecule has 0 N–H and O–H groups in total. The van der Waals surface area contributed by atoms with Crippen molar-refractivity contribution in [2.45, 2.75) is 26.9 Å². The number of carbonyl (C=O) groups excluding carboxylic acids is 1. The van der Waals surface area contributed by atoms with Crippen LogP contribution in [0.4, 0.5) is 0 Å². The van der Waals surface area contributed by atoms with Crippen molar-refractivity contribution < 1.29 is 18.4 Å². The fraction of sp³-hybridized carbons (Fsp3) is 0.182. The first-order chi connectivity index (χ1) is 14.0. The van der Waals surface area contributed by atoms with Gasteiger partial charge >= 0.3 is 5.97 Å². The lowest BCUT2D eigenvalue weighted by Crippen LogP contribution is -2.11. The fourth-order valence-electron chi connectivity index (χ4n) is 2.77. The highest BCUT2D eigenvalue weighted by molar-refractivity contribution is 5.89. The van der Waals surface area contributed by atoms with Crippen molar-refractivity contribution in [1.29, 1.82) is 0 Å². The van der Waals surface area contributed by atoms with Gasteiger partial charge in [-0.15, -0.1) is 10.2 Å². The highest BCUT2D eigenvalue weighted by Gasteiger charge is 2.24. The van der Waals surface area contributed by atoms with Gasteiger partial charge in [-0.3, -0.25) is 0 Å². The van der Waals surface area contributed by atoms with Crippen molar-refractivity contribution in [3.8, 4) is 22.9 Å². The minimum Gasteiger partial charge on any atom is -0.448 e. The molecule has 2 heterocycles. The lowest BCUT2D eigenvalue weighted by molar-refractivity contribution is 0.0272. The molecule has 0 bridgehead atoms. The summed E-state index contributed by atoms with van der Waals surface area (Å²) in [7, 11) is 0. The van der Waals surface area contributed by atoms with E-state index in [0.29, 0.717) is 17.5 Å². The van der Waals surface area contributed by atoms with E-state index in [0.717, 1.165) is 16.7 Å². The van der Waals surface area contributed by atoms with Gasteiger partial charge in [-0.2, -0.15) is 0 Å². The van der Waals surface area contributed by atoms with E-state index in [1.165, 1.54) is 0 Å². The van der Waals surface area contributed by atoms with Crippen LogP contribution < -0.4 is 0 Å². The smallest absolute Gasteiger partial charge is 0.361 e. The molecule has 7 heteroatoms. The molecule has 2 aromatic heterocycles. The second-order valence-corrected chi connectivity index (χ2v) is 6.65. The van der Waals surface area contributed by atoms with Crippen molar-refractivity contribution in [3.63, 3.8) is 0 Å². The molecule has 0 aliphatic heterocycles. The van der Waals surface area contributed by atoms with Crippen LogP contribution >= 0.6 is 0 Å². The first-order valence-corrected chi connectivity index (χ1v) is 9.15. The van der Waals surface area contributed by atoms with Crippen LogP contribution in [0.3, 0.4) is 0 Å². The van der Waals surface area contributed by atoms with Crippen molar-refractivity contribution >= 4 is 5.97 Å². The molecule has 0 radical (unpaired) electrons. The summed E-state index contributed by atoms with van der Waals surface area (Å²) in [6, 6.07) is 17.1. The van der Waals surface area contributed by atoms with Crippen molar-refractivity contribution in [1.82, 2.24) is 15.2 Å². The molecule has 4 aromatic rings. The number of oxazole rings is 1. The Morgan fingerprint density at radius 3 is 2.31 bits per heavy atom. The summed E-state index contributed by atoms with van der Waals surface area (Å²) in [5, 5.41) is 8.04. The molecule has 2 aromatic carbocycles. The largest absolute Gasteiger partial charge is 0.448 e. The maximum Gasteiger partial charge on any atom is 0.361 e. The summed E-state index contributed by atoms with van der Waals surface area (Å²) < 4.78 is 16.8. The molecule has 0 aliphatic rings. The van der Waals surface area contributed by atoms with Gasteiger partial charge < -0.3 is 13.6 Å². The molecular weight excluding hydrogens is 370 g/mol. The second-order valence-electron chi connectivity index (χ2n) is 6.65. The number of hydrogen-bond acceptors (Lipinski definition) is 7. The summed E-state index contributed by atoms with van der Waals surface area (Å²) in [5.41, 5.74) is 2.83. The fourth-order valence-corrected chi connectivity index (χ4v) is 2.77. The molecule has 0 spiro atoms.